The molecule has 1 aliphatic heterocycles. The van der Waals surface area contributed by atoms with Gasteiger partial charge >= 0.3 is 0 Å². The number of aliphatic hydroxyl groups excluding tert-OH is 1. The number of nitrogens with zero attached hydrogens (tertiary/aromatic N) is 5. The summed E-state index contributed by atoms with van der Waals surface area (Å²) < 4.78 is 3.12. The summed E-state index contributed by atoms with van der Waals surface area (Å²) in [6.45, 7) is 0.827. The lowest BCUT2D eigenvalue weighted by atomic mass is 9.89. The van der Waals surface area contributed by atoms with E-state index in [4.69, 9.17) is 4.98 Å². The van der Waals surface area contributed by atoms with Crippen molar-refractivity contribution >= 4 is 27.9 Å². The van der Waals surface area contributed by atoms with Crippen molar-refractivity contribution in [3.63, 3.8) is 0 Å². The summed E-state index contributed by atoms with van der Waals surface area (Å²) in [7, 11) is 1.99. The highest BCUT2D eigenvalue weighted by molar-refractivity contribution is 7.19. The molecule has 8 heteroatoms. The molecule has 1 aliphatic carbocycles. The first-order valence-electron chi connectivity index (χ1n) is 9.66. The van der Waals surface area contributed by atoms with Crippen LogP contribution in [0, 0.1) is 5.92 Å². The Hall–Kier alpha value is -2.19. The second-order valence-electron chi connectivity index (χ2n) is 7.60. The molecule has 5 rings (SSSR count). The molecule has 4 heterocycles. The van der Waals surface area contributed by atoms with Crippen LogP contribution in [0.5, 0.6) is 0 Å². The Balaban J connectivity index is 1.43. The Labute approximate surface area is 161 Å². The third-order valence-corrected chi connectivity index (χ3v) is 6.85. The van der Waals surface area contributed by atoms with E-state index >= 15 is 0 Å². The van der Waals surface area contributed by atoms with Gasteiger partial charge in [0, 0.05) is 31.8 Å². The monoisotopic (exact) mass is 384 g/mol. The zero-order chi connectivity index (χ0) is 18.4. The fraction of sp³-hybridized carbons (Fsp3) is 0.526. The molecule has 2 aliphatic rings. The molecule has 3 aromatic rings. The molecule has 3 aromatic heterocycles. The lowest BCUT2D eigenvalue weighted by Gasteiger charge is -2.33. The molecule has 1 atom stereocenters. The number of aromatic amines is 1. The highest BCUT2D eigenvalue weighted by atomic mass is 32.1. The van der Waals surface area contributed by atoms with Crippen molar-refractivity contribution in [3.05, 3.63) is 34.2 Å². The number of aromatic nitrogens is 4. The van der Waals surface area contributed by atoms with Crippen molar-refractivity contribution in [3.8, 4) is 0 Å². The molecule has 1 fully saturated rings. The summed E-state index contributed by atoms with van der Waals surface area (Å²) in [6.07, 6.45) is 10.2. The number of nitrogens with one attached hydrogen (secondary N) is 1. The van der Waals surface area contributed by atoms with Crippen molar-refractivity contribution in [1.29, 1.82) is 0 Å². The van der Waals surface area contributed by atoms with Gasteiger partial charge in [0.05, 0.1) is 22.3 Å². The normalized spacial score (nSPS) is 20.5. The highest BCUT2D eigenvalue weighted by Crippen LogP contribution is 2.37. The van der Waals surface area contributed by atoms with Crippen molar-refractivity contribution < 1.29 is 5.11 Å². The van der Waals surface area contributed by atoms with Gasteiger partial charge in [0.25, 0.3) is 0 Å². The van der Waals surface area contributed by atoms with E-state index in [0.717, 1.165) is 38.9 Å². The van der Waals surface area contributed by atoms with Crippen LogP contribution < -0.4 is 0 Å². The minimum absolute atomic E-state index is 0.632. The van der Waals surface area contributed by atoms with E-state index in [-0.39, 0.29) is 0 Å². The van der Waals surface area contributed by atoms with E-state index in [1.165, 1.54) is 32.1 Å². The molecule has 0 aromatic carbocycles. The summed E-state index contributed by atoms with van der Waals surface area (Å²) in [5.74, 6) is 0.632. The van der Waals surface area contributed by atoms with Gasteiger partial charge in [0.2, 0.25) is 0 Å². The third-order valence-electron chi connectivity index (χ3n) is 5.78. The van der Waals surface area contributed by atoms with E-state index in [9.17, 15) is 5.11 Å². The van der Waals surface area contributed by atoms with E-state index in [1.54, 1.807) is 11.3 Å². The van der Waals surface area contributed by atoms with E-state index in [2.05, 4.69) is 15.3 Å². The van der Waals surface area contributed by atoms with Gasteiger partial charge in [0.15, 0.2) is 11.9 Å². The van der Waals surface area contributed by atoms with Crippen molar-refractivity contribution in [2.24, 2.45) is 18.1 Å². The molecule has 0 spiro atoms. The first kappa shape index (κ1) is 16.9. The van der Waals surface area contributed by atoms with Crippen LogP contribution in [0.15, 0.2) is 17.4 Å². The molecule has 27 heavy (non-hydrogen) atoms. The number of aryl methyl sites for hydroxylation is 1. The van der Waals surface area contributed by atoms with Crippen LogP contribution in [-0.4, -0.2) is 42.6 Å². The fourth-order valence-corrected chi connectivity index (χ4v) is 5.47. The topological polar surface area (TPSA) is 82.3 Å². The Morgan fingerprint density at radius 2 is 2.15 bits per heavy atom. The van der Waals surface area contributed by atoms with Gasteiger partial charge < -0.3 is 9.67 Å². The first-order chi connectivity index (χ1) is 13.2. The first-order valence-corrected chi connectivity index (χ1v) is 10.5. The molecular weight excluding hydrogens is 360 g/mol. The molecule has 1 unspecified atom stereocenters. The quantitative estimate of drug-likeness (QED) is 0.724. The number of hydrazone groups is 1. The van der Waals surface area contributed by atoms with Gasteiger partial charge in [-0.1, -0.05) is 19.3 Å². The van der Waals surface area contributed by atoms with Crippen LogP contribution in [0.3, 0.4) is 0 Å². The maximum absolute atomic E-state index is 11.0. The van der Waals surface area contributed by atoms with Crippen LogP contribution in [-0.2, 0) is 13.5 Å². The lowest BCUT2D eigenvalue weighted by Crippen LogP contribution is -2.33. The summed E-state index contributed by atoms with van der Waals surface area (Å²) in [6, 6.07) is 1.97. The standard InChI is InChI=1S/C19H24N6OS/c1-24-16-14(10-21-25(19(16)26)11-12-5-3-2-4-6-12)17-18(24)22-15(27-17)9-13-7-8-20-23-13/h7-8,10,12,19,26H,2-6,9,11H2,1H3,(H,20,23). The van der Waals surface area contributed by atoms with Crippen LogP contribution >= 0.6 is 11.3 Å². The zero-order valence-corrected chi connectivity index (χ0v) is 16.2. The van der Waals surface area contributed by atoms with Crippen LogP contribution in [0.2, 0.25) is 0 Å². The van der Waals surface area contributed by atoms with E-state index in [0.29, 0.717) is 12.3 Å². The smallest absolute Gasteiger partial charge is 0.184 e. The molecule has 0 bridgehead atoms. The number of H-pyrrole nitrogens is 1. The van der Waals surface area contributed by atoms with Crippen LogP contribution in [0.4, 0.5) is 0 Å². The number of rotatable bonds is 4. The maximum Gasteiger partial charge on any atom is 0.184 e. The van der Waals surface area contributed by atoms with Gasteiger partial charge in [-0.3, -0.25) is 10.1 Å². The number of thiazole rings is 1. The van der Waals surface area contributed by atoms with Gasteiger partial charge in [-0.25, -0.2) is 4.98 Å². The average molecular weight is 385 g/mol. The Morgan fingerprint density at radius 3 is 2.93 bits per heavy atom. The van der Waals surface area contributed by atoms with Crippen molar-refractivity contribution in [1.82, 2.24) is 24.8 Å². The largest absolute Gasteiger partial charge is 0.367 e. The second kappa shape index (κ2) is 6.76. The number of fused-ring (bicyclic) bond motifs is 3. The molecule has 0 amide bonds. The number of hydrogen-bond acceptors (Lipinski definition) is 6. The molecular formula is C19H24N6OS. The number of hydrogen-bond donors (Lipinski definition) is 2. The summed E-state index contributed by atoms with van der Waals surface area (Å²) in [4.78, 5) is 4.80. The second-order valence-corrected chi connectivity index (χ2v) is 8.69. The third kappa shape index (κ3) is 2.96. The molecule has 0 radical (unpaired) electrons. The van der Waals surface area contributed by atoms with Crippen LogP contribution in [0.1, 0.15) is 60.3 Å². The van der Waals surface area contributed by atoms with Crippen molar-refractivity contribution in [2.45, 2.75) is 44.8 Å². The average Bonchev–Trinajstić information content (AvgIpc) is 3.38. The summed E-state index contributed by atoms with van der Waals surface area (Å²) in [5.41, 5.74) is 3.81. The Kier molecular flexibility index (Phi) is 4.24. The molecule has 1 saturated carbocycles. The van der Waals surface area contributed by atoms with Gasteiger partial charge in [0.1, 0.15) is 5.01 Å². The predicted molar refractivity (Wildman–Crippen MR) is 106 cm³/mol. The molecule has 0 saturated heterocycles. The molecule has 7 nitrogen and oxygen atoms in total. The van der Waals surface area contributed by atoms with E-state index in [1.807, 2.05) is 35.1 Å². The van der Waals surface area contributed by atoms with Gasteiger partial charge in [-0.15, -0.1) is 11.3 Å². The summed E-state index contributed by atoms with van der Waals surface area (Å²) in [5, 5.41) is 25.5. The van der Waals surface area contributed by atoms with Crippen molar-refractivity contribution in [2.75, 3.05) is 6.54 Å². The Morgan fingerprint density at radius 1 is 1.30 bits per heavy atom. The SMILES string of the molecule is Cn1c2c(c3sc(Cc4cc[nH]n4)nc31)C=NN(CC1CCCCC1)C2O. The summed E-state index contributed by atoms with van der Waals surface area (Å²) >= 11 is 1.66. The molecule has 2 N–H and O–H groups in total. The predicted octanol–water partition coefficient (Wildman–Crippen LogP) is 3.17. The Bertz CT molecular complexity index is 966. The highest BCUT2D eigenvalue weighted by Gasteiger charge is 2.31. The van der Waals surface area contributed by atoms with Crippen LogP contribution in [0.25, 0.3) is 10.3 Å². The zero-order valence-electron chi connectivity index (χ0n) is 15.4. The minimum atomic E-state index is -0.701. The lowest BCUT2D eigenvalue weighted by molar-refractivity contribution is -0.0168. The maximum atomic E-state index is 11.0. The minimum Gasteiger partial charge on any atom is -0.367 e. The van der Waals surface area contributed by atoms with Gasteiger partial charge in [-0.05, 0) is 24.8 Å². The fourth-order valence-electron chi connectivity index (χ4n) is 4.34. The van der Waals surface area contributed by atoms with Gasteiger partial charge in [-0.2, -0.15) is 10.2 Å². The molecule has 142 valence electrons. The number of aliphatic hydroxyl groups is 1. The van der Waals surface area contributed by atoms with E-state index < -0.39 is 6.23 Å².